The van der Waals surface area contributed by atoms with Crippen LogP contribution in [0.25, 0.3) is 0 Å². The Morgan fingerprint density at radius 3 is 1.39 bits per heavy atom. The highest BCUT2D eigenvalue weighted by Crippen LogP contribution is 2.25. The van der Waals surface area contributed by atoms with Gasteiger partial charge < -0.3 is 9.47 Å². The molecule has 4 nitrogen and oxygen atoms in total. The predicted molar refractivity (Wildman–Crippen MR) is 75.0 cm³/mol. The summed E-state index contributed by atoms with van der Waals surface area (Å²) in [4.78, 5) is 22.2. The van der Waals surface area contributed by atoms with Gasteiger partial charge in [-0.2, -0.15) is 0 Å². The molecule has 0 N–H and O–H groups in total. The van der Waals surface area contributed by atoms with Gasteiger partial charge in [-0.15, -0.1) is 0 Å². The summed E-state index contributed by atoms with van der Waals surface area (Å²) >= 11 is 6.36. The zero-order chi connectivity index (χ0) is 13.7. The van der Waals surface area contributed by atoms with Crippen molar-refractivity contribution < 1.29 is 19.1 Å². The molecule has 0 radical (unpaired) electrons. The third-order valence-electron chi connectivity index (χ3n) is 2.84. The summed E-state index contributed by atoms with van der Waals surface area (Å²) < 4.78 is 10.6. The minimum atomic E-state index is -0.276. The fraction of sp³-hybridized carbons (Fsp3) is 0.833. The molecule has 0 bridgehead atoms. The van der Waals surface area contributed by atoms with E-state index in [4.69, 9.17) is 9.47 Å². The zero-order valence-corrected chi connectivity index (χ0v) is 13.7. The Bertz CT molecular complexity index is 266. The van der Waals surface area contributed by atoms with Crippen LogP contribution in [-0.2, 0) is 19.1 Å². The smallest absolute Gasteiger partial charge is 0.319 e. The fourth-order valence-corrected chi connectivity index (χ4v) is 2.00. The summed E-state index contributed by atoms with van der Waals surface area (Å²) in [6.07, 6.45) is 2.91. The van der Waals surface area contributed by atoms with E-state index in [0.717, 1.165) is 25.7 Å². The van der Waals surface area contributed by atoms with E-state index in [-0.39, 0.29) is 33.8 Å². The van der Waals surface area contributed by atoms with Gasteiger partial charge in [0.05, 0.1) is 0 Å². The van der Waals surface area contributed by atoms with Crippen molar-refractivity contribution in [2.75, 3.05) is 0 Å². The molecular weight excluding hydrogens is 368 g/mol. The van der Waals surface area contributed by atoms with Gasteiger partial charge in [-0.25, -0.2) is 0 Å². The van der Waals surface area contributed by atoms with Crippen LogP contribution in [0, 0.1) is 0 Å². The van der Waals surface area contributed by atoms with Crippen LogP contribution in [0.15, 0.2) is 0 Å². The Balaban J connectivity index is 2.28. The van der Waals surface area contributed by atoms with E-state index in [1.54, 1.807) is 13.8 Å². The molecule has 1 fully saturated rings. The van der Waals surface area contributed by atoms with Crippen LogP contribution in [0.4, 0.5) is 0 Å². The molecule has 0 aromatic rings. The van der Waals surface area contributed by atoms with Gasteiger partial charge in [0.2, 0.25) is 0 Å². The number of esters is 2. The molecule has 6 heteroatoms. The highest BCUT2D eigenvalue weighted by molar-refractivity contribution is 9.10. The second kappa shape index (κ2) is 7.48. The molecule has 18 heavy (non-hydrogen) atoms. The Hall–Kier alpha value is -0.100. The first kappa shape index (κ1) is 16.0. The summed E-state index contributed by atoms with van der Waals surface area (Å²) in [5.41, 5.74) is 0. The molecule has 0 aromatic heterocycles. The van der Waals surface area contributed by atoms with Crippen molar-refractivity contribution in [1.29, 1.82) is 0 Å². The highest BCUT2D eigenvalue weighted by atomic mass is 79.9. The number of alkyl halides is 2. The largest absolute Gasteiger partial charge is 0.462 e. The van der Waals surface area contributed by atoms with Crippen molar-refractivity contribution in [3.05, 3.63) is 0 Å². The lowest BCUT2D eigenvalue weighted by molar-refractivity contribution is -0.157. The van der Waals surface area contributed by atoms with Crippen LogP contribution < -0.4 is 0 Å². The third kappa shape index (κ3) is 5.26. The van der Waals surface area contributed by atoms with Gasteiger partial charge in [-0.1, -0.05) is 31.9 Å². The quantitative estimate of drug-likeness (QED) is 0.551. The van der Waals surface area contributed by atoms with E-state index in [1.807, 2.05) is 0 Å². The molecule has 104 valence electrons. The Kier molecular flexibility index (Phi) is 6.63. The van der Waals surface area contributed by atoms with Gasteiger partial charge in [0.15, 0.2) is 0 Å². The minimum absolute atomic E-state index is 0.0474. The lowest BCUT2D eigenvalue weighted by atomic mass is 9.95. The van der Waals surface area contributed by atoms with Gasteiger partial charge >= 0.3 is 11.9 Å². The molecule has 1 aliphatic rings. The van der Waals surface area contributed by atoms with Gasteiger partial charge in [0, 0.05) is 0 Å². The number of carbonyl (C=O) groups is 2. The molecule has 1 aliphatic carbocycles. The maximum Gasteiger partial charge on any atom is 0.319 e. The molecule has 2 unspecified atom stereocenters. The Morgan fingerprint density at radius 2 is 1.17 bits per heavy atom. The highest BCUT2D eigenvalue weighted by Gasteiger charge is 2.27. The van der Waals surface area contributed by atoms with E-state index in [1.165, 1.54) is 0 Å². The summed E-state index contributed by atoms with van der Waals surface area (Å²) in [5.74, 6) is -0.464. The first-order chi connectivity index (χ1) is 8.40. The SMILES string of the molecule is CC(Br)C(=O)OC1CCC(OC(=O)C(C)Br)CC1. The fourth-order valence-electron chi connectivity index (χ4n) is 1.78. The Morgan fingerprint density at radius 1 is 0.889 bits per heavy atom. The van der Waals surface area contributed by atoms with Crippen molar-refractivity contribution >= 4 is 43.8 Å². The number of hydrogen-bond donors (Lipinski definition) is 0. The Labute approximate surface area is 124 Å². The van der Waals surface area contributed by atoms with E-state index < -0.39 is 0 Å². The number of halogens is 2. The van der Waals surface area contributed by atoms with Crippen LogP contribution in [0.1, 0.15) is 39.5 Å². The van der Waals surface area contributed by atoms with Gasteiger partial charge in [-0.05, 0) is 39.5 Å². The van der Waals surface area contributed by atoms with E-state index in [9.17, 15) is 9.59 Å². The lowest BCUT2D eigenvalue weighted by Crippen LogP contribution is -2.32. The number of ether oxygens (including phenoxy) is 2. The molecular formula is C12H18Br2O4. The molecule has 0 aromatic carbocycles. The maximum absolute atomic E-state index is 11.4. The topological polar surface area (TPSA) is 52.6 Å². The predicted octanol–water partition coefficient (Wildman–Crippen LogP) is 2.95. The average molecular weight is 386 g/mol. The zero-order valence-electron chi connectivity index (χ0n) is 10.5. The third-order valence-corrected chi connectivity index (χ3v) is 3.58. The first-order valence-electron chi connectivity index (χ1n) is 6.09. The van der Waals surface area contributed by atoms with Gasteiger partial charge in [0.25, 0.3) is 0 Å². The second-order valence-corrected chi connectivity index (χ2v) is 7.25. The van der Waals surface area contributed by atoms with Crippen molar-refractivity contribution in [2.24, 2.45) is 0 Å². The molecule has 0 amide bonds. The normalized spacial score (nSPS) is 27.1. The summed E-state index contributed by atoms with van der Waals surface area (Å²) in [6.45, 7) is 3.49. The molecule has 1 rings (SSSR count). The van der Waals surface area contributed by atoms with E-state index >= 15 is 0 Å². The van der Waals surface area contributed by atoms with Crippen LogP contribution in [0.2, 0.25) is 0 Å². The molecule has 0 aliphatic heterocycles. The van der Waals surface area contributed by atoms with E-state index in [2.05, 4.69) is 31.9 Å². The van der Waals surface area contributed by atoms with Crippen LogP contribution in [-0.4, -0.2) is 33.8 Å². The minimum Gasteiger partial charge on any atom is -0.462 e. The number of carbonyl (C=O) groups excluding carboxylic acids is 2. The average Bonchev–Trinajstić information content (AvgIpc) is 2.31. The van der Waals surface area contributed by atoms with Crippen LogP contribution in [0.5, 0.6) is 0 Å². The molecule has 2 atom stereocenters. The van der Waals surface area contributed by atoms with Gasteiger partial charge in [-0.3, -0.25) is 9.59 Å². The molecule has 1 saturated carbocycles. The second-order valence-electron chi connectivity index (χ2n) is 4.50. The lowest BCUT2D eigenvalue weighted by Gasteiger charge is -2.28. The monoisotopic (exact) mass is 384 g/mol. The maximum atomic E-state index is 11.4. The van der Waals surface area contributed by atoms with Crippen LogP contribution in [0.3, 0.4) is 0 Å². The van der Waals surface area contributed by atoms with Crippen molar-refractivity contribution in [3.63, 3.8) is 0 Å². The first-order valence-corrected chi connectivity index (χ1v) is 7.92. The molecule has 0 spiro atoms. The summed E-state index contributed by atoms with van der Waals surface area (Å²) in [6, 6.07) is 0. The molecule has 0 saturated heterocycles. The van der Waals surface area contributed by atoms with Crippen molar-refractivity contribution in [3.8, 4) is 0 Å². The number of hydrogen-bond acceptors (Lipinski definition) is 4. The van der Waals surface area contributed by atoms with Crippen molar-refractivity contribution in [2.45, 2.75) is 61.4 Å². The van der Waals surface area contributed by atoms with Crippen LogP contribution >= 0.6 is 31.9 Å². The van der Waals surface area contributed by atoms with E-state index in [0.29, 0.717) is 0 Å². The standard InChI is InChI=1S/C12H18Br2O4/c1-7(13)11(15)17-9-3-5-10(6-4-9)18-12(16)8(2)14/h7-10H,3-6H2,1-2H3. The summed E-state index contributed by atoms with van der Waals surface area (Å²) in [7, 11) is 0. The summed E-state index contributed by atoms with van der Waals surface area (Å²) in [5, 5.41) is 0. The molecule has 0 heterocycles. The van der Waals surface area contributed by atoms with Gasteiger partial charge in [0.1, 0.15) is 21.9 Å². The number of rotatable bonds is 4. The van der Waals surface area contributed by atoms with Crippen molar-refractivity contribution in [1.82, 2.24) is 0 Å².